The molecule has 6 nitrogen and oxygen atoms in total. The van der Waals surface area contributed by atoms with Crippen molar-refractivity contribution < 1.29 is 8.42 Å². The summed E-state index contributed by atoms with van der Waals surface area (Å²) < 4.78 is 25.3. The maximum Gasteiger partial charge on any atom is 0.209 e. The number of aromatic nitrogens is 4. The van der Waals surface area contributed by atoms with Gasteiger partial charge in [0, 0.05) is 17.4 Å². The van der Waals surface area contributed by atoms with Gasteiger partial charge in [-0.2, -0.15) is 0 Å². The molecule has 0 unspecified atom stereocenters. The third kappa shape index (κ3) is 3.06. The van der Waals surface area contributed by atoms with Gasteiger partial charge in [0.15, 0.2) is 5.82 Å². The number of sulfone groups is 1. The van der Waals surface area contributed by atoms with Crippen LogP contribution in [0.3, 0.4) is 0 Å². The predicted octanol–water partition coefficient (Wildman–Crippen LogP) is 2.73. The van der Waals surface area contributed by atoms with E-state index in [1.807, 2.05) is 0 Å². The van der Waals surface area contributed by atoms with E-state index < -0.39 is 9.84 Å². The van der Waals surface area contributed by atoms with Gasteiger partial charge >= 0.3 is 0 Å². The predicted molar refractivity (Wildman–Crippen MR) is 84.7 cm³/mol. The minimum absolute atomic E-state index is 0.0486. The lowest BCUT2D eigenvalue weighted by Gasteiger charge is -2.08. The van der Waals surface area contributed by atoms with E-state index in [9.17, 15) is 8.42 Å². The Morgan fingerprint density at radius 2 is 1.74 bits per heavy atom. The first-order valence-corrected chi connectivity index (χ1v) is 8.45. The van der Waals surface area contributed by atoms with Crippen LogP contribution in [0.5, 0.6) is 0 Å². The summed E-state index contributed by atoms with van der Waals surface area (Å²) in [7, 11) is -3.71. The Hall–Kier alpha value is -2.38. The van der Waals surface area contributed by atoms with Crippen LogP contribution < -0.4 is 0 Å². The minimum Gasteiger partial charge on any atom is -0.261 e. The lowest BCUT2D eigenvalue weighted by molar-refractivity contribution is 0.594. The highest BCUT2D eigenvalue weighted by atomic mass is 35.5. The molecule has 0 aliphatic rings. The van der Waals surface area contributed by atoms with Gasteiger partial charge in [-0.3, -0.25) is 4.98 Å². The fraction of sp³-hybridized carbons (Fsp3) is 0.0667. The molecular weight excluding hydrogens is 336 g/mol. The number of aryl methyl sites for hydroxylation is 1. The molecule has 0 radical (unpaired) electrons. The third-order valence-corrected chi connectivity index (χ3v) is 5.26. The standard InChI is InChI=1S/C15H11ClN4O2S/c1-10-14(23(21,22)12-4-2-11(16)3-5-12)9-19-15(20-10)13-8-17-6-7-18-13/h2-9H,1H3. The summed E-state index contributed by atoms with van der Waals surface area (Å²) in [6.07, 6.45) is 5.86. The van der Waals surface area contributed by atoms with Gasteiger partial charge in [-0.15, -0.1) is 0 Å². The molecule has 0 amide bonds. The summed E-state index contributed by atoms with van der Waals surface area (Å²) in [6.45, 7) is 1.62. The van der Waals surface area contributed by atoms with Crippen LogP contribution in [0.15, 0.2) is 58.8 Å². The molecular formula is C15H11ClN4O2S. The maximum absolute atomic E-state index is 12.7. The van der Waals surface area contributed by atoms with Crippen molar-refractivity contribution in [3.05, 3.63) is 59.8 Å². The summed E-state index contributed by atoms with van der Waals surface area (Å²) in [4.78, 5) is 16.6. The lowest BCUT2D eigenvalue weighted by atomic mass is 10.4. The van der Waals surface area contributed by atoms with E-state index in [-0.39, 0.29) is 9.79 Å². The second-order valence-corrected chi connectivity index (χ2v) is 7.05. The van der Waals surface area contributed by atoms with E-state index >= 15 is 0 Å². The lowest BCUT2D eigenvalue weighted by Crippen LogP contribution is -2.07. The highest BCUT2D eigenvalue weighted by molar-refractivity contribution is 7.91. The van der Waals surface area contributed by atoms with Gasteiger partial charge in [0.2, 0.25) is 9.84 Å². The number of halogens is 1. The van der Waals surface area contributed by atoms with Gasteiger partial charge in [-0.05, 0) is 31.2 Å². The molecule has 1 aromatic carbocycles. The molecule has 116 valence electrons. The second-order valence-electron chi connectivity index (χ2n) is 4.69. The smallest absolute Gasteiger partial charge is 0.209 e. The highest BCUT2D eigenvalue weighted by Gasteiger charge is 2.22. The average Bonchev–Trinajstić information content (AvgIpc) is 2.56. The van der Waals surface area contributed by atoms with Crippen molar-refractivity contribution in [2.24, 2.45) is 0 Å². The molecule has 0 N–H and O–H groups in total. The Morgan fingerprint density at radius 3 is 2.35 bits per heavy atom. The Balaban J connectivity index is 2.05. The summed E-state index contributed by atoms with van der Waals surface area (Å²) >= 11 is 5.80. The van der Waals surface area contributed by atoms with Crippen LogP contribution in [-0.4, -0.2) is 28.4 Å². The number of hydrogen-bond donors (Lipinski definition) is 0. The van der Waals surface area contributed by atoms with E-state index in [2.05, 4.69) is 19.9 Å². The molecule has 8 heteroatoms. The molecule has 2 aromatic heterocycles. The zero-order chi connectivity index (χ0) is 16.4. The van der Waals surface area contributed by atoms with Crippen molar-refractivity contribution >= 4 is 21.4 Å². The molecule has 0 spiro atoms. The SMILES string of the molecule is Cc1nc(-c2cnccn2)ncc1S(=O)(=O)c1ccc(Cl)cc1. The van der Waals surface area contributed by atoms with Crippen LogP contribution >= 0.6 is 11.6 Å². The Morgan fingerprint density at radius 1 is 1.00 bits per heavy atom. The van der Waals surface area contributed by atoms with Gasteiger partial charge in [-0.25, -0.2) is 23.4 Å². The number of hydrogen-bond acceptors (Lipinski definition) is 6. The van der Waals surface area contributed by atoms with E-state index in [0.29, 0.717) is 22.2 Å². The number of benzene rings is 1. The molecule has 3 rings (SSSR count). The van der Waals surface area contributed by atoms with E-state index in [0.717, 1.165) is 0 Å². The molecule has 0 saturated carbocycles. The third-order valence-electron chi connectivity index (χ3n) is 3.14. The van der Waals surface area contributed by atoms with Crippen LogP contribution in [0.1, 0.15) is 5.69 Å². The molecule has 0 saturated heterocycles. The van der Waals surface area contributed by atoms with E-state index in [4.69, 9.17) is 11.6 Å². The first-order chi connectivity index (χ1) is 11.0. The van der Waals surface area contributed by atoms with Crippen molar-refractivity contribution in [3.8, 4) is 11.5 Å². The Kier molecular flexibility index (Phi) is 4.06. The monoisotopic (exact) mass is 346 g/mol. The van der Waals surface area contributed by atoms with Crippen molar-refractivity contribution in [1.82, 2.24) is 19.9 Å². The second kappa shape index (κ2) is 6.02. The van der Waals surface area contributed by atoms with E-state index in [1.165, 1.54) is 49.1 Å². The van der Waals surface area contributed by atoms with Crippen LogP contribution in [-0.2, 0) is 9.84 Å². The quantitative estimate of drug-likeness (QED) is 0.724. The minimum atomic E-state index is -3.71. The van der Waals surface area contributed by atoms with Gasteiger partial charge in [0.25, 0.3) is 0 Å². The van der Waals surface area contributed by atoms with Gasteiger partial charge in [0.1, 0.15) is 10.6 Å². The fourth-order valence-electron chi connectivity index (χ4n) is 2.00. The van der Waals surface area contributed by atoms with Gasteiger partial charge in [-0.1, -0.05) is 11.6 Å². The Bertz CT molecular complexity index is 945. The topological polar surface area (TPSA) is 85.7 Å². The largest absolute Gasteiger partial charge is 0.261 e. The molecule has 0 aliphatic carbocycles. The molecule has 0 bridgehead atoms. The first kappa shape index (κ1) is 15.5. The van der Waals surface area contributed by atoms with Crippen molar-refractivity contribution in [2.45, 2.75) is 16.7 Å². The van der Waals surface area contributed by atoms with Crippen LogP contribution in [0.25, 0.3) is 11.5 Å². The van der Waals surface area contributed by atoms with Crippen LogP contribution in [0.4, 0.5) is 0 Å². The Labute approximate surface area is 138 Å². The van der Waals surface area contributed by atoms with Gasteiger partial charge < -0.3 is 0 Å². The molecule has 0 atom stereocenters. The average molecular weight is 347 g/mol. The van der Waals surface area contributed by atoms with Crippen molar-refractivity contribution in [3.63, 3.8) is 0 Å². The maximum atomic E-state index is 12.7. The molecule has 0 fully saturated rings. The van der Waals surface area contributed by atoms with Gasteiger partial charge in [0.05, 0.1) is 23.0 Å². The summed E-state index contributed by atoms with van der Waals surface area (Å²) in [5.74, 6) is 0.325. The zero-order valence-electron chi connectivity index (χ0n) is 12.0. The summed E-state index contributed by atoms with van der Waals surface area (Å²) in [5, 5.41) is 0.468. The summed E-state index contributed by atoms with van der Waals surface area (Å²) in [5.41, 5.74) is 0.821. The molecule has 3 aromatic rings. The fourth-order valence-corrected chi connectivity index (χ4v) is 3.50. The van der Waals surface area contributed by atoms with Crippen molar-refractivity contribution in [1.29, 1.82) is 0 Å². The molecule has 0 aliphatic heterocycles. The van der Waals surface area contributed by atoms with E-state index in [1.54, 1.807) is 6.92 Å². The summed E-state index contributed by atoms with van der Waals surface area (Å²) in [6, 6.07) is 5.96. The zero-order valence-corrected chi connectivity index (χ0v) is 13.6. The normalized spacial score (nSPS) is 11.4. The number of rotatable bonds is 3. The first-order valence-electron chi connectivity index (χ1n) is 6.59. The highest BCUT2D eigenvalue weighted by Crippen LogP contribution is 2.24. The molecule has 2 heterocycles. The van der Waals surface area contributed by atoms with Crippen LogP contribution in [0.2, 0.25) is 5.02 Å². The van der Waals surface area contributed by atoms with Crippen LogP contribution in [0, 0.1) is 6.92 Å². The molecule has 23 heavy (non-hydrogen) atoms. The number of nitrogens with zero attached hydrogens (tertiary/aromatic N) is 4. The van der Waals surface area contributed by atoms with Crippen molar-refractivity contribution in [2.75, 3.05) is 0 Å².